The summed E-state index contributed by atoms with van der Waals surface area (Å²) in [7, 11) is 0. The molecule has 3 nitrogen and oxygen atoms in total. The fourth-order valence-electron chi connectivity index (χ4n) is 1.16. The van der Waals surface area contributed by atoms with Crippen LogP contribution < -0.4 is 11.4 Å². The van der Waals surface area contributed by atoms with E-state index in [2.05, 4.69) is 45.2 Å². The van der Waals surface area contributed by atoms with E-state index >= 15 is 0 Å². The van der Waals surface area contributed by atoms with E-state index in [0.717, 1.165) is 18.2 Å². The summed E-state index contributed by atoms with van der Waals surface area (Å²) in [5, 5.41) is 0.878. The molecule has 1 aromatic carbocycles. The van der Waals surface area contributed by atoms with Crippen LogP contribution in [0.4, 0.5) is 5.69 Å². The molecule has 0 fully saturated rings. The number of rotatable bonds is 0. The molecule has 0 atom stereocenters. The van der Waals surface area contributed by atoms with Crippen molar-refractivity contribution < 1.29 is 4.42 Å². The number of fused-ring (bicyclic) bond motifs is 1. The molecule has 1 heterocycles. The maximum Gasteiger partial charge on any atom is 0.336 e. The maximum atomic E-state index is 11.0. The first-order valence-corrected chi connectivity index (χ1v) is 5.92. The Morgan fingerprint density at radius 3 is 2.71 bits per heavy atom. The van der Waals surface area contributed by atoms with Gasteiger partial charge in [0.05, 0.1) is 5.69 Å². The summed E-state index contributed by atoms with van der Waals surface area (Å²) in [6, 6.07) is 4.90. The van der Waals surface area contributed by atoms with Crippen molar-refractivity contribution in [2.75, 3.05) is 5.73 Å². The Balaban J connectivity index is 2.98. The summed E-state index contributed by atoms with van der Waals surface area (Å²) in [6.45, 7) is 0. The first kappa shape index (κ1) is 10.2. The lowest BCUT2D eigenvalue weighted by Crippen LogP contribution is -1.99. The topological polar surface area (TPSA) is 56.2 Å². The van der Waals surface area contributed by atoms with Crippen LogP contribution in [0, 0.1) is 7.14 Å². The van der Waals surface area contributed by atoms with Gasteiger partial charge in [-0.1, -0.05) is 0 Å². The van der Waals surface area contributed by atoms with Gasteiger partial charge in [0.1, 0.15) is 5.58 Å². The average Bonchev–Trinajstić information content (AvgIpc) is 2.14. The number of hydrogen-bond donors (Lipinski definition) is 1. The average molecular weight is 413 g/mol. The number of anilines is 1. The molecule has 0 aliphatic heterocycles. The molecule has 0 aliphatic carbocycles. The second-order valence-electron chi connectivity index (χ2n) is 2.75. The van der Waals surface area contributed by atoms with Crippen LogP contribution in [-0.2, 0) is 0 Å². The lowest BCUT2D eigenvalue weighted by molar-refractivity contribution is 0.560. The van der Waals surface area contributed by atoms with Crippen LogP contribution in [0.2, 0.25) is 0 Å². The first-order valence-electron chi connectivity index (χ1n) is 3.77. The minimum absolute atomic E-state index is 0.339. The lowest BCUT2D eigenvalue weighted by atomic mass is 10.2. The van der Waals surface area contributed by atoms with Crippen LogP contribution in [0.5, 0.6) is 0 Å². The highest BCUT2D eigenvalue weighted by Gasteiger charge is 2.08. The summed E-state index contributed by atoms with van der Waals surface area (Å²) in [6.07, 6.45) is 0. The molecular formula is C9H5I2NO2. The number of nitrogen functional groups attached to an aromatic ring is 1. The molecule has 2 aromatic rings. The molecule has 0 saturated carbocycles. The molecule has 2 rings (SSSR count). The third-order valence-electron chi connectivity index (χ3n) is 1.85. The summed E-state index contributed by atoms with van der Waals surface area (Å²) in [4.78, 5) is 11.0. The highest BCUT2D eigenvalue weighted by Crippen LogP contribution is 2.29. The fraction of sp³-hybridized carbons (Fsp3) is 0. The third-order valence-corrected chi connectivity index (χ3v) is 3.90. The van der Waals surface area contributed by atoms with Crippen LogP contribution in [0.1, 0.15) is 0 Å². The molecule has 1 aromatic heterocycles. The van der Waals surface area contributed by atoms with Gasteiger partial charge in [0, 0.05) is 18.6 Å². The number of halogens is 2. The van der Waals surface area contributed by atoms with E-state index in [4.69, 9.17) is 10.2 Å². The van der Waals surface area contributed by atoms with E-state index in [0.29, 0.717) is 5.58 Å². The van der Waals surface area contributed by atoms with Crippen LogP contribution in [0.15, 0.2) is 27.4 Å². The molecule has 14 heavy (non-hydrogen) atoms. The van der Waals surface area contributed by atoms with E-state index < -0.39 is 0 Å². The van der Waals surface area contributed by atoms with E-state index in [-0.39, 0.29) is 5.63 Å². The Morgan fingerprint density at radius 2 is 2.00 bits per heavy atom. The summed E-state index contributed by atoms with van der Waals surface area (Å²) in [5.74, 6) is 0. The summed E-state index contributed by atoms with van der Waals surface area (Å²) in [5.41, 5.74) is 6.83. The Bertz CT molecular complexity index is 562. The van der Waals surface area contributed by atoms with Gasteiger partial charge in [-0.2, -0.15) is 0 Å². The van der Waals surface area contributed by atoms with Gasteiger partial charge in [-0.25, -0.2) is 4.79 Å². The molecule has 0 unspecified atom stereocenters. The van der Waals surface area contributed by atoms with Gasteiger partial charge in [-0.15, -0.1) is 0 Å². The Labute approximate surface area is 107 Å². The van der Waals surface area contributed by atoms with Crippen molar-refractivity contribution in [1.82, 2.24) is 0 Å². The van der Waals surface area contributed by atoms with Gasteiger partial charge in [0.25, 0.3) is 0 Å². The molecule has 0 aliphatic rings. The van der Waals surface area contributed by atoms with Gasteiger partial charge < -0.3 is 10.2 Å². The third kappa shape index (κ3) is 1.62. The van der Waals surface area contributed by atoms with Crippen LogP contribution in [0.25, 0.3) is 11.0 Å². The van der Waals surface area contributed by atoms with Crippen molar-refractivity contribution in [3.8, 4) is 0 Å². The van der Waals surface area contributed by atoms with Gasteiger partial charge in [-0.3, -0.25) is 0 Å². The smallest absolute Gasteiger partial charge is 0.336 e. The molecule has 0 amide bonds. The summed E-state index contributed by atoms with van der Waals surface area (Å²) < 4.78 is 6.88. The van der Waals surface area contributed by atoms with Crippen molar-refractivity contribution in [3.63, 3.8) is 0 Å². The maximum absolute atomic E-state index is 11.0. The molecule has 0 spiro atoms. The molecule has 0 saturated heterocycles. The molecule has 2 N–H and O–H groups in total. The number of benzene rings is 1. The van der Waals surface area contributed by atoms with E-state index in [1.54, 1.807) is 12.1 Å². The molecule has 0 bridgehead atoms. The summed E-state index contributed by atoms with van der Waals surface area (Å²) >= 11 is 4.27. The molecule has 5 heteroatoms. The van der Waals surface area contributed by atoms with Crippen LogP contribution in [0.3, 0.4) is 0 Å². The molecule has 0 radical (unpaired) electrons. The van der Waals surface area contributed by atoms with Crippen molar-refractivity contribution in [2.24, 2.45) is 0 Å². The van der Waals surface area contributed by atoms with Crippen molar-refractivity contribution in [1.29, 1.82) is 0 Å². The fourth-order valence-corrected chi connectivity index (χ4v) is 2.97. The zero-order chi connectivity index (χ0) is 10.3. The zero-order valence-electron chi connectivity index (χ0n) is 6.88. The van der Waals surface area contributed by atoms with Crippen LogP contribution >= 0.6 is 45.2 Å². The predicted molar refractivity (Wildman–Crippen MR) is 72.3 cm³/mol. The van der Waals surface area contributed by atoms with E-state index in [1.165, 1.54) is 6.07 Å². The van der Waals surface area contributed by atoms with Crippen molar-refractivity contribution in [2.45, 2.75) is 0 Å². The predicted octanol–water partition coefficient (Wildman–Crippen LogP) is 2.58. The number of nitrogens with two attached hydrogens (primary N) is 1. The second-order valence-corrected chi connectivity index (χ2v) is 4.99. The van der Waals surface area contributed by atoms with Crippen LogP contribution in [-0.4, -0.2) is 0 Å². The molecule has 72 valence electrons. The van der Waals surface area contributed by atoms with Gasteiger partial charge >= 0.3 is 5.63 Å². The minimum Gasteiger partial charge on any atom is -0.423 e. The van der Waals surface area contributed by atoms with Crippen molar-refractivity contribution >= 4 is 61.8 Å². The standard InChI is InChI=1S/C9H5I2NO2/c10-5-3-6-4(8(11)9(5)12)1-2-7(13)14-6/h1-3H,12H2. The minimum atomic E-state index is -0.339. The Morgan fingerprint density at radius 1 is 1.29 bits per heavy atom. The largest absolute Gasteiger partial charge is 0.423 e. The second kappa shape index (κ2) is 3.69. The highest BCUT2D eigenvalue weighted by molar-refractivity contribution is 14.1. The van der Waals surface area contributed by atoms with Crippen molar-refractivity contribution in [3.05, 3.63) is 35.8 Å². The quantitative estimate of drug-likeness (QED) is 0.411. The Hall–Kier alpha value is -0.310. The lowest BCUT2D eigenvalue weighted by Gasteiger charge is -2.04. The van der Waals surface area contributed by atoms with E-state index in [1.807, 2.05) is 0 Å². The Kier molecular flexibility index (Phi) is 2.69. The van der Waals surface area contributed by atoms with Gasteiger partial charge in [0.15, 0.2) is 0 Å². The normalized spacial score (nSPS) is 10.7. The van der Waals surface area contributed by atoms with Gasteiger partial charge in [0.2, 0.25) is 0 Å². The monoisotopic (exact) mass is 413 g/mol. The van der Waals surface area contributed by atoms with E-state index in [9.17, 15) is 4.79 Å². The number of hydrogen-bond acceptors (Lipinski definition) is 3. The SMILES string of the molecule is Nc1c(I)cc2oc(=O)ccc2c1I. The zero-order valence-corrected chi connectivity index (χ0v) is 11.2. The highest BCUT2D eigenvalue weighted by atomic mass is 127. The molecular weight excluding hydrogens is 408 g/mol. The van der Waals surface area contributed by atoms with Gasteiger partial charge in [-0.05, 0) is 57.3 Å². The first-order chi connectivity index (χ1) is 6.59.